The van der Waals surface area contributed by atoms with Gasteiger partial charge in [0, 0.05) is 29.1 Å². The predicted octanol–water partition coefficient (Wildman–Crippen LogP) is 3.07. The van der Waals surface area contributed by atoms with Crippen LogP contribution in [0.4, 0.5) is 0 Å². The molecule has 7 heteroatoms. The highest BCUT2D eigenvalue weighted by molar-refractivity contribution is 7.99. The van der Waals surface area contributed by atoms with Gasteiger partial charge in [-0.25, -0.2) is 0 Å². The Morgan fingerprint density at radius 1 is 1.26 bits per heavy atom. The van der Waals surface area contributed by atoms with Crippen molar-refractivity contribution >= 4 is 29.3 Å². The van der Waals surface area contributed by atoms with Gasteiger partial charge in [-0.15, -0.1) is 10.2 Å². The number of nitrogens with zero attached hydrogens (tertiary/aromatic N) is 3. The molecule has 1 aromatic carbocycles. The quantitative estimate of drug-likeness (QED) is 0.852. The van der Waals surface area contributed by atoms with Gasteiger partial charge < -0.3 is 9.64 Å². The maximum atomic E-state index is 12.8. The molecule has 0 saturated carbocycles. The molecule has 1 aromatic heterocycles. The lowest BCUT2D eigenvalue weighted by Crippen LogP contribution is -2.41. The molecule has 0 unspecified atom stereocenters. The molecule has 0 spiro atoms. The molecular weight excluding hydrogens is 334 g/mol. The molecular formula is C16H16ClN3O2S. The normalized spacial score (nSPS) is 17.8. The van der Waals surface area contributed by atoms with Crippen molar-refractivity contribution in [3.8, 4) is 5.88 Å². The molecule has 2 heterocycles. The number of benzene rings is 1. The maximum Gasteiger partial charge on any atom is 0.274 e. The van der Waals surface area contributed by atoms with E-state index in [1.807, 2.05) is 40.9 Å². The molecule has 0 bridgehead atoms. The summed E-state index contributed by atoms with van der Waals surface area (Å²) in [4.78, 5) is 14.7. The van der Waals surface area contributed by atoms with E-state index in [1.54, 1.807) is 12.1 Å². The standard InChI is InChI=1S/C16H16ClN3O2S/c1-22-15-7-6-13(18-19-15)16(21)20-8-9-23-10-14(20)11-2-4-12(17)5-3-11/h2-7,14H,8-10H2,1H3/t14-/m1/s1. The molecule has 23 heavy (non-hydrogen) atoms. The second-order valence-corrected chi connectivity index (χ2v) is 6.69. The monoisotopic (exact) mass is 349 g/mol. The summed E-state index contributed by atoms with van der Waals surface area (Å²) in [7, 11) is 1.52. The average Bonchev–Trinajstić information content (AvgIpc) is 2.62. The molecule has 5 nitrogen and oxygen atoms in total. The first kappa shape index (κ1) is 16.1. The van der Waals surface area contributed by atoms with E-state index in [1.165, 1.54) is 7.11 Å². The summed E-state index contributed by atoms with van der Waals surface area (Å²) in [6, 6.07) is 11.0. The van der Waals surface area contributed by atoms with E-state index in [0.29, 0.717) is 23.1 Å². The van der Waals surface area contributed by atoms with E-state index in [2.05, 4.69) is 10.2 Å². The van der Waals surface area contributed by atoms with Crippen LogP contribution in [-0.2, 0) is 0 Å². The van der Waals surface area contributed by atoms with Gasteiger partial charge in [0.2, 0.25) is 5.88 Å². The van der Waals surface area contributed by atoms with Gasteiger partial charge in [-0.3, -0.25) is 4.79 Å². The van der Waals surface area contributed by atoms with Crippen LogP contribution in [0.5, 0.6) is 5.88 Å². The van der Waals surface area contributed by atoms with Crippen molar-refractivity contribution in [3.05, 3.63) is 52.7 Å². The molecule has 1 aliphatic heterocycles. The van der Waals surface area contributed by atoms with Crippen LogP contribution in [0.25, 0.3) is 0 Å². The van der Waals surface area contributed by atoms with Crippen LogP contribution >= 0.6 is 23.4 Å². The third-order valence-electron chi connectivity index (χ3n) is 3.71. The van der Waals surface area contributed by atoms with Crippen LogP contribution in [0.3, 0.4) is 0 Å². The Morgan fingerprint density at radius 2 is 2.04 bits per heavy atom. The van der Waals surface area contributed by atoms with E-state index in [-0.39, 0.29) is 11.9 Å². The van der Waals surface area contributed by atoms with E-state index < -0.39 is 0 Å². The summed E-state index contributed by atoms with van der Waals surface area (Å²) in [5.74, 6) is 2.06. The van der Waals surface area contributed by atoms with Crippen LogP contribution in [0.15, 0.2) is 36.4 Å². The van der Waals surface area contributed by atoms with Crippen molar-refractivity contribution in [1.29, 1.82) is 0 Å². The Bertz CT molecular complexity index is 679. The third-order valence-corrected chi connectivity index (χ3v) is 4.99. The Hall–Kier alpha value is -1.79. The highest BCUT2D eigenvalue weighted by Crippen LogP contribution is 2.31. The second kappa shape index (κ2) is 7.19. The van der Waals surface area contributed by atoms with E-state index >= 15 is 0 Å². The number of carbonyl (C=O) groups excluding carboxylic acids is 1. The molecule has 2 aromatic rings. The van der Waals surface area contributed by atoms with Gasteiger partial charge in [-0.2, -0.15) is 11.8 Å². The Kier molecular flexibility index (Phi) is 5.03. The van der Waals surface area contributed by atoms with Crippen molar-refractivity contribution in [2.45, 2.75) is 6.04 Å². The molecule has 1 fully saturated rings. The lowest BCUT2D eigenvalue weighted by atomic mass is 10.1. The average molecular weight is 350 g/mol. The lowest BCUT2D eigenvalue weighted by molar-refractivity contribution is 0.0694. The summed E-state index contributed by atoms with van der Waals surface area (Å²) in [6.45, 7) is 0.685. The van der Waals surface area contributed by atoms with Crippen molar-refractivity contribution in [1.82, 2.24) is 15.1 Å². The van der Waals surface area contributed by atoms with Crippen LogP contribution in [0.2, 0.25) is 5.02 Å². The zero-order valence-corrected chi connectivity index (χ0v) is 14.2. The Labute approximate surface area is 144 Å². The number of hydrogen-bond donors (Lipinski definition) is 0. The summed E-state index contributed by atoms with van der Waals surface area (Å²) in [5, 5.41) is 8.54. The number of methoxy groups -OCH3 is 1. The molecule has 1 atom stereocenters. The summed E-state index contributed by atoms with van der Waals surface area (Å²) >= 11 is 7.80. The van der Waals surface area contributed by atoms with Crippen molar-refractivity contribution in [3.63, 3.8) is 0 Å². The minimum absolute atomic E-state index is 0.0161. The molecule has 0 radical (unpaired) electrons. The van der Waals surface area contributed by atoms with Crippen LogP contribution in [0.1, 0.15) is 22.1 Å². The first-order chi connectivity index (χ1) is 11.2. The zero-order chi connectivity index (χ0) is 16.2. The van der Waals surface area contributed by atoms with Crippen molar-refractivity contribution < 1.29 is 9.53 Å². The van der Waals surface area contributed by atoms with Gasteiger partial charge in [0.25, 0.3) is 5.91 Å². The Morgan fingerprint density at radius 3 is 2.70 bits per heavy atom. The Balaban J connectivity index is 1.85. The van der Waals surface area contributed by atoms with E-state index in [0.717, 1.165) is 17.1 Å². The first-order valence-corrected chi connectivity index (χ1v) is 8.74. The van der Waals surface area contributed by atoms with Crippen LogP contribution in [-0.4, -0.2) is 46.2 Å². The minimum atomic E-state index is -0.111. The third kappa shape index (κ3) is 3.59. The van der Waals surface area contributed by atoms with Crippen LogP contribution in [0, 0.1) is 0 Å². The van der Waals surface area contributed by atoms with Gasteiger partial charge in [-0.1, -0.05) is 23.7 Å². The number of carbonyl (C=O) groups is 1. The fraction of sp³-hybridized carbons (Fsp3) is 0.312. The molecule has 0 N–H and O–H groups in total. The number of amides is 1. The summed E-state index contributed by atoms with van der Waals surface area (Å²) in [6.07, 6.45) is 0. The van der Waals surface area contributed by atoms with Crippen molar-refractivity contribution in [2.75, 3.05) is 25.2 Å². The van der Waals surface area contributed by atoms with Crippen LogP contribution < -0.4 is 4.74 Å². The van der Waals surface area contributed by atoms with Gasteiger partial charge >= 0.3 is 0 Å². The minimum Gasteiger partial charge on any atom is -0.480 e. The highest BCUT2D eigenvalue weighted by atomic mass is 35.5. The second-order valence-electron chi connectivity index (χ2n) is 5.10. The highest BCUT2D eigenvalue weighted by Gasteiger charge is 2.29. The topological polar surface area (TPSA) is 55.3 Å². The summed E-state index contributed by atoms with van der Waals surface area (Å²) in [5.41, 5.74) is 1.41. The molecule has 0 aliphatic carbocycles. The fourth-order valence-electron chi connectivity index (χ4n) is 2.50. The smallest absolute Gasteiger partial charge is 0.274 e. The zero-order valence-electron chi connectivity index (χ0n) is 12.6. The number of aromatic nitrogens is 2. The number of hydrogen-bond acceptors (Lipinski definition) is 5. The maximum absolute atomic E-state index is 12.8. The fourth-order valence-corrected chi connectivity index (χ4v) is 3.71. The number of halogens is 1. The van der Waals surface area contributed by atoms with Gasteiger partial charge in [0.05, 0.1) is 13.2 Å². The number of ether oxygens (including phenoxy) is 1. The SMILES string of the molecule is COc1ccc(C(=O)N2CCSC[C@@H]2c2ccc(Cl)cc2)nn1. The molecule has 120 valence electrons. The largest absolute Gasteiger partial charge is 0.480 e. The predicted molar refractivity (Wildman–Crippen MR) is 91.1 cm³/mol. The molecule has 1 amide bonds. The number of thioether (sulfide) groups is 1. The van der Waals surface area contributed by atoms with Gasteiger partial charge in [0.1, 0.15) is 0 Å². The lowest BCUT2D eigenvalue weighted by Gasteiger charge is -2.35. The van der Waals surface area contributed by atoms with Crippen molar-refractivity contribution in [2.24, 2.45) is 0 Å². The molecule has 3 rings (SSSR count). The van der Waals surface area contributed by atoms with Gasteiger partial charge in [0.15, 0.2) is 5.69 Å². The number of rotatable bonds is 3. The first-order valence-electron chi connectivity index (χ1n) is 7.21. The van der Waals surface area contributed by atoms with Gasteiger partial charge in [-0.05, 0) is 23.8 Å². The molecule has 1 saturated heterocycles. The van der Waals surface area contributed by atoms with E-state index in [9.17, 15) is 4.79 Å². The van der Waals surface area contributed by atoms with E-state index in [4.69, 9.17) is 16.3 Å². The summed E-state index contributed by atoms with van der Waals surface area (Å²) < 4.78 is 4.98. The molecule has 1 aliphatic rings.